The van der Waals surface area contributed by atoms with Crippen molar-refractivity contribution in [1.29, 1.82) is 0 Å². The lowest BCUT2D eigenvalue weighted by Crippen LogP contribution is -2.39. The third-order valence-electron chi connectivity index (χ3n) is 6.63. The van der Waals surface area contributed by atoms with E-state index in [1.165, 1.54) is 5.69 Å². The summed E-state index contributed by atoms with van der Waals surface area (Å²) < 4.78 is 10.8. The first kappa shape index (κ1) is 26.3. The molecule has 1 aliphatic rings. The smallest absolute Gasteiger partial charge is 0.251 e. The molecular weight excluding hydrogens is 490 g/mol. The molecule has 0 spiro atoms. The van der Waals surface area contributed by atoms with Crippen molar-refractivity contribution in [3.63, 3.8) is 0 Å². The van der Waals surface area contributed by atoms with Gasteiger partial charge in [0.25, 0.3) is 5.91 Å². The van der Waals surface area contributed by atoms with E-state index in [2.05, 4.69) is 49.8 Å². The fourth-order valence-corrected chi connectivity index (χ4v) is 4.60. The minimum atomic E-state index is -0.134. The summed E-state index contributed by atoms with van der Waals surface area (Å²) in [6.07, 6.45) is 2.43. The molecule has 39 heavy (non-hydrogen) atoms. The van der Waals surface area contributed by atoms with Gasteiger partial charge >= 0.3 is 0 Å². The fourth-order valence-electron chi connectivity index (χ4n) is 4.60. The van der Waals surface area contributed by atoms with E-state index in [4.69, 9.17) is 9.47 Å². The molecule has 4 aromatic rings. The number of ether oxygens (including phenoxy) is 2. The highest BCUT2D eigenvalue weighted by molar-refractivity contribution is 5.94. The van der Waals surface area contributed by atoms with Crippen LogP contribution in [-0.2, 0) is 15.9 Å². The van der Waals surface area contributed by atoms with E-state index >= 15 is 0 Å². The molecule has 1 saturated heterocycles. The number of hydrogen-bond acceptors (Lipinski definition) is 7. The summed E-state index contributed by atoms with van der Waals surface area (Å²) in [6.45, 7) is 3.76. The Morgan fingerprint density at radius 2 is 1.72 bits per heavy atom. The Hall–Kier alpha value is -4.27. The summed E-state index contributed by atoms with van der Waals surface area (Å²) >= 11 is 0. The number of nitrogens with zero attached hydrogens (tertiary/aromatic N) is 3. The van der Waals surface area contributed by atoms with E-state index in [0.717, 1.165) is 48.8 Å². The highest BCUT2D eigenvalue weighted by Crippen LogP contribution is 2.23. The quantitative estimate of drug-likeness (QED) is 0.311. The molecule has 1 aromatic heterocycles. The van der Waals surface area contributed by atoms with Gasteiger partial charge in [-0.1, -0.05) is 42.5 Å². The van der Waals surface area contributed by atoms with E-state index in [9.17, 15) is 4.79 Å². The predicted molar refractivity (Wildman–Crippen MR) is 154 cm³/mol. The lowest BCUT2D eigenvalue weighted by Gasteiger charge is -2.28. The van der Waals surface area contributed by atoms with Gasteiger partial charge in [-0.3, -0.25) is 4.79 Å². The van der Waals surface area contributed by atoms with Crippen molar-refractivity contribution in [2.75, 3.05) is 50.2 Å². The molecule has 5 rings (SSSR count). The van der Waals surface area contributed by atoms with E-state index in [1.54, 1.807) is 13.3 Å². The number of carbonyl (C=O) groups is 1. The average Bonchev–Trinajstić information content (AvgIpc) is 2.99. The maximum Gasteiger partial charge on any atom is 0.251 e. The van der Waals surface area contributed by atoms with Crippen LogP contribution in [0.15, 0.2) is 91.1 Å². The second kappa shape index (κ2) is 13.0. The lowest BCUT2D eigenvalue weighted by molar-refractivity contribution is 0.0897. The summed E-state index contributed by atoms with van der Waals surface area (Å²) in [5, 5.41) is 6.38. The van der Waals surface area contributed by atoms with E-state index in [0.29, 0.717) is 24.5 Å². The van der Waals surface area contributed by atoms with Gasteiger partial charge in [0.2, 0.25) is 5.95 Å². The van der Waals surface area contributed by atoms with Crippen molar-refractivity contribution in [3.05, 3.63) is 102 Å². The molecule has 2 N–H and O–H groups in total. The van der Waals surface area contributed by atoms with Crippen LogP contribution in [0.1, 0.15) is 15.9 Å². The van der Waals surface area contributed by atoms with Crippen LogP contribution < -0.4 is 15.5 Å². The number of amides is 1. The number of rotatable bonds is 10. The second-order valence-electron chi connectivity index (χ2n) is 9.43. The van der Waals surface area contributed by atoms with Crippen LogP contribution >= 0.6 is 0 Å². The van der Waals surface area contributed by atoms with Crippen molar-refractivity contribution in [2.24, 2.45) is 0 Å². The van der Waals surface area contributed by atoms with Crippen molar-refractivity contribution < 1.29 is 14.3 Å². The highest BCUT2D eigenvalue weighted by atomic mass is 16.5. The maximum atomic E-state index is 12.9. The number of morpholine rings is 1. The Morgan fingerprint density at radius 3 is 2.44 bits per heavy atom. The highest BCUT2D eigenvalue weighted by Gasteiger charge is 2.15. The SMILES string of the molecule is COC[C@H](Cc1ccccc1)NC(=O)c1ccc(-c2ccnc(Nc3ccc(N4CCOCC4)cc3)n2)cc1. The first-order valence-electron chi connectivity index (χ1n) is 13.1. The molecule has 0 aliphatic carbocycles. The first-order chi connectivity index (χ1) is 19.2. The second-order valence-corrected chi connectivity index (χ2v) is 9.43. The van der Waals surface area contributed by atoms with Crippen LogP contribution in [0.25, 0.3) is 11.3 Å². The molecule has 8 nitrogen and oxygen atoms in total. The normalized spacial score (nSPS) is 14.0. The van der Waals surface area contributed by atoms with Crippen LogP contribution in [0.3, 0.4) is 0 Å². The van der Waals surface area contributed by atoms with Crippen molar-refractivity contribution in [2.45, 2.75) is 12.5 Å². The molecule has 0 bridgehead atoms. The minimum Gasteiger partial charge on any atom is -0.383 e. The van der Waals surface area contributed by atoms with Crippen LogP contribution in [0.4, 0.5) is 17.3 Å². The molecule has 200 valence electrons. The minimum absolute atomic E-state index is 0.122. The van der Waals surface area contributed by atoms with Crippen molar-refractivity contribution in [1.82, 2.24) is 15.3 Å². The van der Waals surface area contributed by atoms with E-state index in [-0.39, 0.29) is 11.9 Å². The Labute approximate surface area is 229 Å². The van der Waals surface area contributed by atoms with Gasteiger partial charge in [-0.15, -0.1) is 0 Å². The molecule has 1 amide bonds. The van der Waals surface area contributed by atoms with Gasteiger partial charge in [-0.2, -0.15) is 0 Å². The standard InChI is InChI=1S/C31H33N5O3/c1-38-22-27(21-23-5-3-2-4-6-23)33-30(37)25-9-7-24(8-10-25)29-15-16-32-31(35-29)34-26-11-13-28(14-12-26)36-17-19-39-20-18-36/h2-16,27H,17-22H2,1H3,(H,33,37)(H,32,34,35)/t27-/m0/s1. The Balaban J connectivity index is 1.21. The molecular formula is C31H33N5O3. The molecule has 0 saturated carbocycles. The fraction of sp³-hybridized carbons (Fsp3) is 0.258. The monoisotopic (exact) mass is 523 g/mol. The van der Waals surface area contributed by atoms with Crippen molar-refractivity contribution in [3.8, 4) is 11.3 Å². The third-order valence-corrected chi connectivity index (χ3v) is 6.63. The first-order valence-corrected chi connectivity index (χ1v) is 13.1. The zero-order chi connectivity index (χ0) is 26.9. The summed E-state index contributed by atoms with van der Waals surface area (Å²) in [6, 6.07) is 27.5. The van der Waals surface area contributed by atoms with Gasteiger partial charge in [0.05, 0.1) is 31.6 Å². The summed E-state index contributed by atoms with van der Waals surface area (Å²) in [5.41, 5.74) is 5.49. The molecule has 8 heteroatoms. The van der Waals surface area contributed by atoms with E-state index < -0.39 is 0 Å². The number of carbonyl (C=O) groups excluding carboxylic acids is 1. The van der Waals surface area contributed by atoms with Gasteiger partial charge < -0.3 is 25.0 Å². The predicted octanol–water partition coefficient (Wildman–Crippen LogP) is 4.71. The zero-order valence-corrected chi connectivity index (χ0v) is 22.0. The molecule has 2 heterocycles. The van der Waals surface area contributed by atoms with E-state index in [1.807, 2.05) is 60.7 Å². The van der Waals surface area contributed by atoms with Gasteiger partial charge in [0, 0.05) is 48.9 Å². The van der Waals surface area contributed by atoms with Gasteiger partial charge in [0.15, 0.2) is 0 Å². The third kappa shape index (κ3) is 7.19. The molecule has 3 aromatic carbocycles. The Kier molecular flexibility index (Phi) is 8.78. The Bertz CT molecular complexity index is 1340. The summed E-state index contributed by atoms with van der Waals surface area (Å²) in [4.78, 5) is 24.3. The summed E-state index contributed by atoms with van der Waals surface area (Å²) in [5.74, 6) is 0.377. The number of benzene rings is 3. The molecule has 1 aliphatic heterocycles. The maximum absolute atomic E-state index is 12.9. The zero-order valence-electron chi connectivity index (χ0n) is 22.0. The molecule has 1 fully saturated rings. The molecule has 0 unspecified atom stereocenters. The van der Waals surface area contributed by atoms with Crippen LogP contribution in [0, 0.1) is 0 Å². The molecule has 1 atom stereocenters. The Morgan fingerprint density at radius 1 is 0.974 bits per heavy atom. The number of methoxy groups -OCH3 is 1. The van der Waals surface area contributed by atoms with Gasteiger partial charge in [-0.25, -0.2) is 9.97 Å². The average molecular weight is 524 g/mol. The van der Waals surface area contributed by atoms with Gasteiger partial charge in [0.1, 0.15) is 0 Å². The largest absolute Gasteiger partial charge is 0.383 e. The van der Waals surface area contributed by atoms with Crippen LogP contribution in [0.2, 0.25) is 0 Å². The summed E-state index contributed by atoms with van der Waals surface area (Å²) in [7, 11) is 1.64. The lowest BCUT2D eigenvalue weighted by atomic mass is 10.1. The van der Waals surface area contributed by atoms with Crippen molar-refractivity contribution >= 4 is 23.2 Å². The van der Waals surface area contributed by atoms with Crippen LogP contribution in [-0.4, -0.2) is 61.9 Å². The topological polar surface area (TPSA) is 88.6 Å². The van der Waals surface area contributed by atoms with Gasteiger partial charge in [-0.05, 0) is 54.4 Å². The van der Waals surface area contributed by atoms with Crippen LogP contribution in [0.5, 0.6) is 0 Å². The number of anilines is 3. The molecule has 0 radical (unpaired) electrons. The number of hydrogen-bond donors (Lipinski definition) is 2. The number of aromatic nitrogens is 2. The number of nitrogens with one attached hydrogen (secondary N) is 2.